The Morgan fingerprint density at radius 2 is 1.88 bits per heavy atom. The van der Waals surface area contributed by atoms with Crippen LogP contribution in [0.3, 0.4) is 0 Å². The van der Waals surface area contributed by atoms with Crippen LogP contribution in [0.25, 0.3) is 0 Å². The molecule has 3 rings (SSSR count). The summed E-state index contributed by atoms with van der Waals surface area (Å²) >= 11 is 6.03. The van der Waals surface area contributed by atoms with Gasteiger partial charge in [-0.05, 0) is 36.2 Å². The van der Waals surface area contributed by atoms with Gasteiger partial charge in [0.1, 0.15) is 5.75 Å². The van der Waals surface area contributed by atoms with E-state index >= 15 is 0 Å². The van der Waals surface area contributed by atoms with Crippen LogP contribution in [-0.4, -0.2) is 55.7 Å². The Kier molecular flexibility index (Phi) is 6.36. The summed E-state index contributed by atoms with van der Waals surface area (Å²) in [6.07, 6.45) is 0.966. The predicted molar refractivity (Wildman–Crippen MR) is 105 cm³/mol. The normalized spacial score (nSPS) is 14.9. The average Bonchev–Trinajstić information content (AvgIpc) is 2.67. The van der Waals surface area contributed by atoms with Gasteiger partial charge in [0.2, 0.25) is 0 Å². The van der Waals surface area contributed by atoms with E-state index in [-0.39, 0.29) is 6.03 Å². The molecule has 0 atom stereocenters. The number of para-hydroxylation sites is 2. The van der Waals surface area contributed by atoms with Crippen molar-refractivity contribution in [3.63, 3.8) is 0 Å². The van der Waals surface area contributed by atoms with Crippen molar-refractivity contribution in [2.45, 2.75) is 6.42 Å². The third-order valence-electron chi connectivity index (χ3n) is 4.61. The van der Waals surface area contributed by atoms with Crippen LogP contribution in [0.5, 0.6) is 5.75 Å². The fourth-order valence-corrected chi connectivity index (χ4v) is 3.31. The third kappa shape index (κ3) is 4.90. The number of ether oxygens (including phenoxy) is 1. The van der Waals surface area contributed by atoms with E-state index in [1.165, 1.54) is 5.56 Å². The van der Waals surface area contributed by atoms with Crippen molar-refractivity contribution in [3.05, 3.63) is 59.1 Å². The van der Waals surface area contributed by atoms with E-state index in [4.69, 9.17) is 16.3 Å². The fraction of sp³-hybridized carbons (Fsp3) is 0.350. The number of nitrogens with zero attached hydrogens (tertiary/aromatic N) is 2. The number of rotatable bonds is 5. The summed E-state index contributed by atoms with van der Waals surface area (Å²) in [5, 5.41) is 3.72. The number of halogens is 1. The summed E-state index contributed by atoms with van der Waals surface area (Å²) < 4.78 is 5.28. The highest BCUT2D eigenvalue weighted by atomic mass is 35.5. The van der Waals surface area contributed by atoms with Crippen molar-refractivity contribution >= 4 is 23.3 Å². The number of benzene rings is 2. The molecule has 26 heavy (non-hydrogen) atoms. The molecule has 0 spiro atoms. The van der Waals surface area contributed by atoms with Crippen LogP contribution in [0.15, 0.2) is 48.5 Å². The number of hydrogen-bond donors (Lipinski definition) is 1. The van der Waals surface area contributed by atoms with Crippen LogP contribution in [0.1, 0.15) is 5.56 Å². The maximum atomic E-state index is 12.5. The molecular weight excluding hydrogens is 350 g/mol. The summed E-state index contributed by atoms with van der Waals surface area (Å²) in [4.78, 5) is 16.7. The van der Waals surface area contributed by atoms with Gasteiger partial charge in [0.05, 0.1) is 12.8 Å². The number of amides is 2. The zero-order chi connectivity index (χ0) is 18.4. The Morgan fingerprint density at radius 1 is 1.12 bits per heavy atom. The first kappa shape index (κ1) is 18.5. The van der Waals surface area contributed by atoms with Crippen LogP contribution in [-0.2, 0) is 6.42 Å². The number of piperazine rings is 1. The van der Waals surface area contributed by atoms with Crippen LogP contribution in [0.2, 0.25) is 5.02 Å². The summed E-state index contributed by atoms with van der Waals surface area (Å²) in [5.74, 6) is 0.668. The zero-order valence-electron chi connectivity index (χ0n) is 15.0. The number of methoxy groups -OCH3 is 1. The summed E-state index contributed by atoms with van der Waals surface area (Å²) in [6.45, 7) is 4.16. The van der Waals surface area contributed by atoms with Crippen molar-refractivity contribution in [3.8, 4) is 5.75 Å². The van der Waals surface area contributed by atoms with Crippen molar-refractivity contribution in [2.24, 2.45) is 0 Å². The lowest BCUT2D eigenvalue weighted by Crippen LogP contribution is -2.50. The smallest absolute Gasteiger partial charge is 0.322 e. The molecule has 138 valence electrons. The van der Waals surface area contributed by atoms with Gasteiger partial charge in [-0.25, -0.2) is 4.79 Å². The van der Waals surface area contributed by atoms with E-state index < -0.39 is 0 Å². The average molecular weight is 374 g/mol. The minimum Gasteiger partial charge on any atom is -0.495 e. The maximum absolute atomic E-state index is 12.5. The van der Waals surface area contributed by atoms with Gasteiger partial charge in [0, 0.05) is 37.7 Å². The van der Waals surface area contributed by atoms with Gasteiger partial charge in [-0.15, -0.1) is 0 Å². The predicted octanol–water partition coefficient (Wildman–Crippen LogP) is 3.74. The van der Waals surface area contributed by atoms with Crippen molar-refractivity contribution in [1.82, 2.24) is 9.80 Å². The first-order valence-electron chi connectivity index (χ1n) is 8.81. The number of carbonyl (C=O) groups is 1. The van der Waals surface area contributed by atoms with Crippen LogP contribution >= 0.6 is 11.6 Å². The summed E-state index contributed by atoms with van der Waals surface area (Å²) in [6, 6.07) is 15.4. The van der Waals surface area contributed by atoms with Crippen molar-refractivity contribution in [1.29, 1.82) is 0 Å². The van der Waals surface area contributed by atoms with Gasteiger partial charge in [-0.3, -0.25) is 4.90 Å². The quantitative estimate of drug-likeness (QED) is 0.868. The highest BCUT2D eigenvalue weighted by Gasteiger charge is 2.21. The lowest BCUT2D eigenvalue weighted by molar-refractivity contribution is 0.148. The molecule has 1 heterocycles. The SMILES string of the molecule is COc1ccccc1NC(=O)N1CCN(CCc2cccc(Cl)c2)CC1. The minimum atomic E-state index is -0.0796. The number of nitrogens with one attached hydrogen (secondary N) is 1. The number of anilines is 1. The van der Waals surface area contributed by atoms with Crippen molar-refractivity contribution < 1.29 is 9.53 Å². The molecule has 2 aromatic rings. The second kappa shape index (κ2) is 8.92. The largest absolute Gasteiger partial charge is 0.495 e. The third-order valence-corrected chi connectivity index (χ3v) is 4.85. The highest BCUT2D eigenvalue weighted by molar-refractivity contribution is 6.30. The zero-order valence-corrected chi connectivity index (χ0v) is 15.7. The topological polar surface area (TPSA) is 44.8 Å². The van der Waals surface area contributed by atoms with E-state index in [1.54, 1.807) is 7.11 Å². The molecular formula is C20H24ClN3O2. The monoisotopic (exact) mass is 373 g/mol. The standard InChI is InChI=1S/C20H24ClN3O2/c1-26-19-8-3-2-7-18(19)22-20(25)24-13-11-23(12-14-24)10-9-16-5-4-6-17(21)15-16/h2-8,15H,9-14H2,1H3,(H,22,25). The maximum Gasteiger partial charge on any atom is 0.322 e. The Labute approximate surface area is 159 Å². The van der Waals surface area contributed by atoms with Gasteiger partial charge in [0.25, 0.3) is 0 Å². The number of urea groups is 1. The molecule has 1 aliphatic heterocycles. The van der Waals surface area contributed by atoms with Crippen LogP contribution in [0, 0.1) is 0 Å². The van der Waals surface area contributed by atoms with Gasteiger partial charge >= 0.3 is 6.03 Å². The van der Waals surface area contributed by atoms with Gasteiger partial charge < -0.3 is 15.0 Å². The molecule has 1 fully saturated rings. The molecule has 2 aromatic carbocycles. The van der Waals surface area contributed by atoms with E-state index in [9.17, 15) is 4.79 Å². The number of carbonyl (C=O) groups excluding carboxylic acids is 1. The first-order valence-corrected chi connectivity index (χ1v) is 9.19. The highest BCUT2D eigenvalue weighted by Crippen LogP contribution is 2.23. The first-order chi connectivity index (χ1) is 12.7. The lowest BCUT2D eigenvalue weighted by Gasteiger charge is -2.34. The lowest BCUT2D eigenvalue weighted by atomic mass is 10.1. The van der Waals surface area contributed by atoms with Crippen LogP contribution < -0.4 is 10.1 Å². The Morgan fingerprint density at radius 3 is 2.62 bits per heavy atom. The Balaban J connectivity index is 1.46. The van der Waals surface area contributed by atoms with Crippen molar-refractivity contribution in [2.75, 3.05) is 45.2 Å². The van der Waals surface area contributed by atoms with E-state index in [0.717, 1.165) is 44.2 Å². The molecule has 6 heteroatoms. The molecule has 5 nitrogen and oxygen atoms in total. The van der Waals surface area contributed by atoms with E-state index in [0.29, 0.717) is 11.4 Å². The minimum absolute atomic E-state index is 0.0796. The molecule has 0 radical (unpaired) electrons. The second-order valence-corrected chi connectivity index (χ2v) is 6.78. The van der Waals surface area contributed by atoms with Gasteiger partial charge in [-0.1, -0.05) is 35.9 Å². The van der Waals surface area contributed by atoms with Crippen LogP contribution in [0.4, 0.5) is 10.5 Å². The fourth-order valence-electron chi connectivity index (χ4n) is 3.10. The van der Waals surface area contributed by atoms with E-state index in [2.05, 4.69) is 16.3 Å². The Bertz CT molecular complexity index is 745. The molecule has 0 aromatic heterocycles. The molecule has 1 saturated heterocycles. The molecule has 0 aliphatic carbocycles. The molecule has 1 N–H and O–H groups in total. The number of hydrogen-bond acceptors (Lipinski definition) is 3. The molecule has 0 unspecified atom stereocenters. The van der Waals surface area contributed by atoms with E-state index in [1.807, 2.05) is 47.4 Å². The second-order valence-electron chi connectivity index (χ2n) is 6.34. The summed E-state index contributed by atoms with van der Waals surface area (Å²) in [5.41, 5.74) is 1.94. The summed E-state index contributed by atoms with van der Waals surface area (Å²) in [7, 11) is 1.60. The van der Waals surface area contributed by atoms with Gasteiger partial charge in [-0.2, -0.15) is 0 Å². The Hall–Kier alpha value is -2.24. The molecule has 0 saturated carbocycles. The molecule has 1 aliphatic rings. The molecule has 2 amide bonds. The van der Waals surface area contributed by atoms with Gasteiger partial charge in [0.15, 0.2) is 0 Å². The molecule has 0 bridgehead atoms.